The molecule has 0 aliphatic carbocycles. The molecule has 29 heavy (non-hydrogen) atoms. The first-order valence-electron chi connectivity index (χ1n) is 8.77. The third-order valence-electron chi connectivity index (χ3n) is 4.06. The fourth-order valence-electron chi connectivity index (χ4n) is 2.53. The predicted octanol–water partition coefficient (Wildman–Crippen LogP) is 2.12. The lowest BCUT2D eigenvalue weighted by Gasteiger charge is -2.25. The molecule has 1 heterocycles. The summed E-state index contributed by atoms with van der Waals surface area (Å²) in [6, 6.07) is 13.7. The highest BCUT2D eigenvalue weighted by Crippen LogP contribution is 2.31. The Bertz CT molecular complexity index is 919. The Kier molecular flexibility index (Phi) is 6.56. The zero-order valence-corrected chi connectivity index (χ0v) is 16.3. The molecule has 1 atom stereocenters. The lowest BCUT2D eigenvalue weighted by atomic mass is 10.2. The van der Waals surface area contributed by atoms with Gasteiger partial charge in [0.1, 0.15) is 6.61 Å². The largest absolute Gasteiger partial charge is 0.485 e. The summed E-state index contributed by atoms with van der Waals surface area (Å²) in [7, 11) is 1.43. The molecule has 0 spiro atoms. The number of nitrogens with zero attached hydrogens (tertiary/aromatic N) is 1. The van der Waals surface area contributed by atoms with Gasteiger partial charge in [-0.05, 0) is 24.3 Å². The Hall–Kier alpha value is -3.26. The molecule has 0 bridgehead atoms. The number of carbonyl (C=O) groups is 3. The van der Waals surface area contributed by atoms with Gasteiger partial charge in [-0.25, -0.2) is 4.79 Å². The fourth-order valence-corrected chi connectivity index (χ4v) is 2.71. The maximum Gasteiger partial charge on any atom is 0.351 e. The SMILES string of the molecule is CN(CC(=O)Nc1ccccc1Cl)C(=O)COC(=O)[C@H]1COc2ccccc2O1. The normalized spacial score (nSPS) is 14.6. The molecule has 0 fully saturated rings. The summed E-state index contributed by atoms with van der Waals surface area (Å²) in [4.78, 5) is 37.5. The second-order valence-electron chi connectivity index (χ2n) is 6.25. The van der Waals surface area contributed by atoms with Gasteiger partial charge in [-0.15, -0.1) is 0 Å². The second-order valence-corrected chi connectivity index (χ2v) is 6.66. The van der Waals surface area contributed by atoms with Gasteiger partial charge >= 0.3 is 5.97 Å². The fraction of sp³-hybridized carbons (Fsp3) is 0.250. The number of halogens is 1. The third-order valence-corrected chi connectivity index (χ3v) is 4.39. The summed E-state index contributed by atoms with van der Waals surface area (Å²) in [5.74, 6) is -0.718. The Labute approximate surface area is 172 Å². The molecule has 9 heteroatoms. The molecular weight excluding hydrogens is 400 g/mol. The first-order chi connectivity index (χ1) is 13.9. The second kappa shape index (κ2) is 9.29. The molecule has 0 aromatic heterocycles. The first kappa shape index (κ1) is 20.5. The van der Waals surface area contributed by atoms with Crippen LogP contribution in [0, 0.1) is 0 Å². The first-order valence-corrected chi connectivity index (χ1v) is 9.15. The summed E-state index contributed by atoms with van der Waals surface area (Å²) in [6.07, 6.45) is -0.966. The van der Waals surface area contributed by atoms with E-state index >= 15 is 0 Å². The van der Waals surface area contributed by atoms with Crippen molar-refractivity contribution in [2.45, 2.75) is 6.10 Å². The van der Waals surface area contributed by atoms with E-state index in [9.17, 15) is 14.4 Å². The van der Waals surface area contributed by atoms with Gasteiger partial charge in [0.05, 0.1) is 17.3 Å². The van der Waals surface area contributed by atoms with Crippen molar-refractivity contribution in [3.05, 3.63) is 53.6 Å². The highest BCUT2D eigenvalue weighted by atomic mass is 35.5. The van der Waals surface area contributed by atoms with Crippen molar-refractivity contribution in [2.24, 2.45) is 0 Å². The molecule has 0 saturated carbocycles. The van der Waals surface area contributed by atoms with E-state index in [1.54, 1.807) is 48.5 Å². The number of para-hydroxylation sites is 3. The summed E-state index contributed by atoms with van der Waals surface area (Å²) in [5.41, 5.74) is 0.446. The van der Waals surface area contributed by atoms with Crippen molar-refractivity contribution in [2.75, 3.05) is 32.1 Å². The minimum atomic E-state index is -0.966. The van der Waals surface area contributed by atoms with Crippen LogP contribution < -0.4 is 14.8 Å². The van der Waals surface area contributed by atoms with Gasteiger partial charge in [0.25, 0.3) is 5.91 Å². The average Bonchev–Trinajstić information content (AvgIpc) is 2.73. The summed E-state index contributed by atoms with van der Waals surface area (Å²) < 4.78 is 16.0. The Morgan fingerprint density at radius 1 is 1.14 bits per heavy atom. The zero-order valence-electron chi connectivity index (χ0n) is 15.6. The Balaban J connectivity index is 1.44. The van der Waals surface area contributed by atoms with Crippen LogP contribution in [0.2, 0.25) is 5.02 Å². The summed E-state index contributed by atoms with van der Waals surface area (Å²) in [5, 5.41) is 3.00. The van der Waals surface area contributed by atoms with Crippen LogP contribution in [0.1, 0.15) is 0 Å². The lowest BCUT2D eigenvalue weighted by Crippen LogP contribution is -2.41. The molecule has 0 saturated heterocycles. The number of amides is 2. The Morgan fingerprint density at radius 3 is 2.59 bits per heavy atom. The molecule has 2 amide bonds. The molecule has 8 nitrogen and oxygen atoms in total. The van der Waals surface area contributed by atoms with Crippen LogP contribution in [0.3, 0.4) is 0 Å². The van der Waals surface area contributed by atoms with Crippen LogP contribution >= 0.6 is 11.6 Å². The standard InChI is InChI=1S/C20H19ClN2O6/c1-23(10-18(24)22-14-7-3-2-6-13(14)21)19(25)12-28-20(26)17-11-27-15-8-4-5-9-16(15)29-17/h2-9,17H,10-12H2,1H3,(H,22,24)/t17-/m1/s1. The number of nitrogens with one attached hydrogen (secondary N) is 1. The minimum Gasteiger partial charge on any atom is -0.485 e. The molecule has 1 aliphatic heterocycles. The van der Waals surface area contributed by atoms with Crippen molar-refractivity contribution in [3.8, 4) is 11.5 Å². The third kappa shape index (κ3) is 5.39. The lowest BCUT2D eigenvalue weighted by molar-refractivity contribution is -0.159. The van der Waals surface area contributed by atoms with E-state index in [2.05, 4.69) is 5.32 Å². The number of benzene rings is 2. The molecule has 2 aromatic rings. The van der Waals surface area contributed by atoms with Gasteiger partial charge in [-0.2, -0.15) is 0 Å². The number of hydrogen-bond donors (Lipinski definition) is 1. The number of ether oxygens (including phenoxy) is 3. The van der Waals surface area contributed by atoms with E-state index in [0.29, 0.717) is 22.2 Å². The van der Waals surface area contributed by atoms with Gasteiger partial charge in [0, 0.05) is 7.05 Å². The topological polar surface area (TPSA) is 94.2 Å². The van der Waals surface area contributed by atoms with E-state index in [1.807, 2.05) is 0 Å². The molecule has 1 N–H and O–H groups in total. The molecule has 0 radical (unpaired) electrons. The number of carbonyl (C=O) groups excluding carboxylic acids is 3. The van der Waals surface area contributed by atoms with Crippen LogP contribution in [-0.4, -0.2) is 55.6 Å². The van der Waals surface area contributed by atoms with Crippen LogP contribution in [0.5, 0.6) is 11.5 Å². The van der Waals surface area contributed by atoms with E-state index in [4.69, 9.17) is 25.8 Å². The quantitative estimate of drug-likeness (QED) is 0.722. The molecule has 152 valence electrons. The van der Waals surface area contributed by atoms with Crippen LogP contribution in [0.4, 0.5) is 5.69 Å². The van der Waals surface area contributed by atoms with Gasteiger partial charge < -0.3 is 24.4 Å². The number of likely N-dealkylation sites (N-methyl/N-ethyl adjacent to an activating group) is 1. The highest BCUT2D eigenvalue weighted by molar-refractivity contribution is 6.33. The summed E-state index contributed by atoms with van der Waals surface area (Å²) >= 11 is 5.98. The minimum absolute atomic E-state index is 0.0138. The van der Waals surface area contributed by atoms with Crippen molar-refractivity contribution in [1.29, 1.82) is 0 Å². The predicted molar refractivity (Wildman–Crippen MR) is 105 cm³/mol. The van der Waals surface area contributed by atoms with Gasteiger partial charge in [0.2, 0.25) is 12.0 Å². The number of esters is 1. The number of hydrogen-bond acceptors (Lipinski definition) is 6. The zero-order chi connectivity index (χ0) is 20.8. The molecular formula is C20H19ClN2O6. The van der Waals surface area contributed by atoms with Gasteiger partial charge in [0.15, 0.2) is 18.1 Å². The van der Waals surface area contributed by atoms with E-state index in [-0.39, 0.29) is 13.2 Å². The maximum absolute atomic E-state index is 12.2. The van der Waals surface area contributed by atoms with E-state index in [1.165, 1.54) is 7.05 Å². The summed E-state index contributed by atoms with van der Waals surface area (Å²) in [6.45, 7) is -0.756. The molecule has 0 unspecified atom stereocenters. The van der Waals surface area contributed by atoms with E-state index in [0.717, 1.165) is 4.90 Å². The monoisotopic (exact) mass is 418 g/mol. The van der Waals surface area contributed by atoms with Crippen LogP contribution in [0.15, 0.2) is 48.5 Å². The number of fused-ring (bicyclic) bond motifs is 1. The van der Waals surface area contributed by atoms with Crippen molar-refractivity contribution >= 4 is 35.1 Å². The maximum atomic E-state index is 12.2. The van der Waals surface area contributed by atoms with Crippen LogP contribution in [0.25, 0.3) is 0 Å². The Morgan fingerprint density at radius 2 is 1.83 bits per heavy atom. The van der Waals surface area contributed by atoms with E-state index < -0.39 is 30.5 Å². The molecule has 2 aromatic carbocycles. The van der Waals surface area contributed by atoms with Gasteiger partial charge in [-0.3, -0.25) is 9.59 Å². The number of rotatable bonds is 6. The van der Waals surface area contributed by atoms with Crippen molar-refractivity contribution < 1.29 is 28.6 Å². The highest BCUT2D eigenvalue weighted by Gasteiger charge is 2.29. The smallest absolute Gasteiger partial charge is 0.351 e. The van der Waals surface area contributed by atoms with Crippen molar-refractivity contribution in [3.63, 3.8) is 0 Å². The van der Waals surface area contributed by atoms with Crippen LogP contribution in [-0.2, 0) is 19.1 Å². The molecule has 3 rings (SSSR count). The average molecular weight is 419 g/mol. The molecule has 1 aliphatic rings. The van der Waals surface area contributed by atoms with Gasteiger partial charge in [-0.1, -0.05) is 35.9 Å². The van der Waals surface area contributed by atoms with Crippen molar-refractivity contribution in [1.82, 2.24) is 4.90 Å². The number of anilines is 1.